The molecule has 4 rings (SSSR count). The van der Waals surface area contributed by atoms with Crippen molar-refractivity contribution in [3.63, 3.8) is 0 Å². The Morgan fingerprint density at radius 3 is 3.00 bits per heavy atom. The molecule has 0 atom stereocenters. The number of benzene rings is 1. The van der Waals surface area contributed by atoms with Crippen molar-refractivity contribution in [3.8, 4) is 0 Å². The van der Waals surface area contributed by atoms with Crippen molar-refractivity contribution in [3.05, 3.63) is 43.1 Å². The fraction of sp³-hybridized carbons (Fsp3) is 0.0769. The summed E-state index contributed by atoms with van der Waals surface area (Å²) >= 11 is 0. The Labute approximate surface area is 117 Å². The van der Waals surface area contributed by atoms with Crippen LogP contribution in [0.1, 0.15) is 0 Å². The Bertz CT molecular complexity index is 859. The molecule has 0 saturated heterocycles. The van der Waals surface area contributed by atoms with Crippen molar-refractivity contribution in [1.82, 2.24) is 18.9 Å². The minimum Gasteiger partial charge on any atom is -0.340 e. The number of fused-ring (bicyclic) bond motifs is 6. The second-order valence-corrected chi connectivity index (χ2v) is 4.13. The second-order valence-electron chi connectivity index (χ2n) is 4.13. The van der Waals surface area contributed by atoms with E-state index in [4.69, 9.17) is 0 Å². The third-order valence-corrected chi connectivity index (χ3v) is 3.15. The summed E-state index contributed by atoms with van der Waals surface area (Å²) in [6.45, 7) is 0. The molecule has 0 fully saturated rings. The van der Waals surface area contributed by atoms with Crippen LogP contribution in [-0.4, -0.2) is 18.9 Å². The van der Waals surface area contributed by atoms with Crippen LogP contribution < -0.4 is 0 Å². The number of rotatable bonds is 0. The van der Waals surface area contributed by atoms with Crippen LogP contribution in [0.5, 0.6) is 0 Å². The van der Waals surface area contributed by atoms with Crippen LogP contribution in [0.4, 0.5) is 0 Å². The van der Waals surface area contributed by atoms with Gasteiger partial charge in [0.15, 0.2) is 0 Å². The summed E-state index contributed by atoms with van der Waals surface area (Å²) in [5.74, 6) is 0. The molecular weight excluding hydrogens is 404 g/mol. The Morgan fingerprint density at radius 1 is 1.22 bits per heavy atom. The van der Waals surface area contributed by atoms with E-state index in [-0.39, 0.29) is 20.1 Å². The first-order valence-electron chi connectivity index (χ1n) is 5.42. The van der Waals surface area contributed by atoms with Gasteiger partial charge in [-0.15, -0.1) is 24.3 Å². The van der Waals surface area contributed by atoms with Crippen LogP contribution in [0.25, 0.3) is 27.5 Å². The summed E-state index contributed by atoms with van der Waals surface area (Å²) in [6, 6.07) is 9.23. The molecule has 0 aliphatic carbocycles. The van der Waals surface area contributed by atoms with Crippen LogP contribution >= 0.6 is 0 Å². The molecule has 0 saturated carbocycles. The van der Waals surface area contributed by atoms with Gasteiger partial charge in [0.25, 0.3) is 0 Å². The topological polar surface area (TPSA) is 35.1 Å². The molecule has 91 valence electrons. The Morgan fingerprint density at radius 2 is 2.11 bits per heavy atom. The fourth-order valence-corrected chi connectivity index (χ4v) is 2.40. The van der Waals surface area contributed by atoms with Crippen molar-refractivity contribution < 1.29 is 20.1 Å². The van der Waals surface area contributed by atoms with Gasteiger partial charge >= 0.3 is 0 Å². The molecule has 18 heavy (non-hydrogen) atoms. The number of aryl methyl sites for hydroxylation is 1. The number of nitrogens with zero attached hydrogens (tertiary/aromatic N) is 4. The van der Waals surface area contributed by atoms with Gasteiger partial charge in [-0.25, -0.2) is 4.98 Å². The molecule has 0 amide bonds. The van der Waals surface area contributed by atoms with E-state index in [2.05, 4.69) is 26.5 Å². The number of hydrogen-bond acceptors (Lipinski definition) is 2. The maximum atomic E-state index is 4.47. The van der Waals surface area contributed by atoms with Crippen LogP contribution in [0, 0.1) is 6.07 Å². The molecule has 4 nitrogen and oxygen atoms in total. The van der Waals surface area contributed by atoms with Gasteiger partial charge in [-0.05, 0) is 5.52 Å². The molecule has 0 N–H and O–H groups in total. The van der Waals surface area contributed by atoms with Gasteiger partial charge < -0.3 is 8.97 Å². The van der Waals surface area contributed by atoms with E-state index in [0.717, 1.165) is 27.5 Å². The molecule has 5 heteroatoms. The number of pyridine rings is 1. The van der Waals surface area contributed by atoms with E-state index in [1.807, 2.05) is 42.6 Å². The first-order valence-corrected chi connectivity index (χ1v) is 5.42. The van der Waals surface area contributed by atoms with Gasteiger partial charge in [0, 0.05) is 32.7 Å². The molecule has 0 bridgehead atoms. The van der Waals surface area contributed by atoms with Crippen LogP contribution in [0.2, 0.25) is 0 Å². The standard InChI is InChI=1S/C13H9N4.Ir/c1-16-8-15-12-9-4-2-3-5-10(9)17-7-14-6-11(17)13(12)16;/h2-3,5-8H,1H3;/q-1;. The zero-order chi connectivity index (χ0) is 11.4. The van der Waals surface area contributed by atoms with Gasteiger partial charge in [0.1, 0.15) is 0 Å². The summed E-state index contributed by atoms with van der Waals surface area (Å²) < 4.78 is 4.10. The van der Waals surface area contributed by atoms with E-state index < -0.39 is 0 Å². The summed E-state index contributed by atoms with van der Waals surface area (Å²) in [4.78, 5) is 8.70. The Kier molecular flexibility index (Phi) is 2.47. The molecule has 0 unspecified atom stereocenters. The van der Waals surface area contributed by atoms with Gasteiger partial charge in [-0.1, -0.05) is 5.39 Å². The third kappa shape index (κ3) is 1.29. The SMILES string of the molecule is Cn1cnc2c3[c-]cccc3n3cncc3c21.[Ir]. The predicted molar refractivity (Wildman–Crippen MR) is 65.8 cm³/mol. The quantitative estimate of drug-likeness (QED) is 0.414. The molecule has 1 radical (unpaired) electrons. The van der Waals surface area contributed by atoms with Crippen molar-refractivity contribution in [2.45, 2.75) is 0 Å². The van der Waals surface area contributed by atoms with Crippen LogP contribution in [0.3, 0.4) is 0 Å². The van der Waals surface area contributed by atoms with E-state index in [1.54, 1.807) is 0 Å². The Hall–Kier alpha value is -1.71. The normalized spacial score (nSPS) is 11.2. The molecular formula is C13H9IrN4-. The maximum Gasteiger partial charge on any atom is 0.0912 e. The monoisotopic (exact) mass is 414 g/mol. The number of aromatic nitrogens is 4. The summed E-state index contributed by atoms with van der Waals surface area (Å²) in [7, 11) is 2.00. The van der Waals surface area contributed by atoms with E-state index >= 15 is 0 Å². The van der Waals surface area contributed by atoms with E-state index in [0.29, 0.717) is 0 Å². The minimum absolute atomic E-state index is 0. The Balaban J connectivity index is 0.000001000. The molecule has 0 aliphatic heterocycles. The van der Waals surface area contributed by atoms with Gasteiger partial charge in [-0.3, -0.25) is 4.98 Å². The fourth-order valence-electron chi connectivity index (χ4n) is 2.40. The summed E-state index contributed by atoms with van der Waals surface area (Å²) in [6.07, 6.45) is 5.53. The zero-order valence-corrected chi connectivity index (χ0v) is 12.0. The molecule has 0 aliphatic rings. The van der Waals surface area contributed by atoms with Gasteiger partial charge in [0.05, 0.1) is 29.9 Å². The molecule has 4 aromatic rings. The molecule has 0 spiro atoms. The van der Waals surface area contributed by atoms with Gasteiger partial charge in [-0.2, -0.15) is 0 Å². The number of imidazole rings is 2. The predicted octanol–water partition coefficient (Wildman–Crippen LogP) is 2.17. The minimum atomic E-state index is 0. The second kappa shape index (κ2) is 3.90. The van der Waals surface area contributed by atoms with Crippen LogP contribution in [-0.2, 0) is 27.2 Å². The first-order chi connectivity index (χ1) is 8.36. The van der Waals surface area contributed by atoms with Crippen molar-refractivity contribution in [2.75, 3.05) is 0 Å². The van der Waals surface area contributed by atoms with Gasteiger partial charge in [0.2, 0.25) is 0 Å². The average molecular weight is 413 g/mol. The van der Waals surface area contributed by atoms with E-state index in [1.165, 1.54) is 0 Å². The number of hydrogen-bond donors (Lipinski definition) is 0. The molecule has 1 aromatic carbocycles. The smallest absolute Gasteiger partial charge is 0.0912 e. The van der Waals surface area contributed by atoms with Crippen molar-refractivity contribution >= 4 is 27.5 Å². The van der Waals surface area contributed by atoms with E-state index in [9.17, 15) is 0 Å². The maximum absolute atomic E-state index is 4.47. The largest absolute Gasteiger partial charge is 0.340 e. The molecule has 3 heterocycles. The molecule has 3 aromatic heterocycles. The van der Waals surface area contributed by atoms with Crippen LogP contribution in [0.15, 0.2) is 37.1 Å². The first kappa shape index (κ1) is 11.4. The van der Waals surface area contributed by atoms with Crippen molar-refractivity contribution in [1.29, 1.82) is 0 Å². The zero-order valence-electron chi connectivity index (χ0n) is 9.59. The average Bonchev–Trinajstić information content (AvgIpc) is 2.96. The summed E-state index contributed by atoms with van der Waals surface area (Å²) in [5, 5.41) is 1.04. The summed E-state index contributed by atoms with van der Waals surface area (Å²) in [5.41, 5.74) is 4.24. The van der Waals surface area contributed by atoms with Crippen molar-refractivity contribution in [2.24, 2.45) is 7.05 Å². The third-order valence-electron chi connectivity index (χ3n) is 3.15.